The molecule has 0 bridgehead atoms. The van der Waals surface area contributed by atoms with E-state index in [2.05, 4.69) is 10.2 Å². The van der Waals surface area contributed by atoms with Crippen molar-refractivity contribution in [2.75, 3.05) is 6.54 Å². The highest BCUT2D eigenvalue weighted by Crippen LogP contribution is 2.19. The Bertz CT molecular complexity index is 568. The summed E-state index contributed by atoms with van der Waals surface area (Å²) >= 11 is 0. The molecule has 0 saturated carbocycles. The quantitative estimate of drug-likeness (QED) is 0.885. The molecule has 2 rings (SSSR count). The molecule has 1 aromatic heterocycles. The van der Waals surface area contributed by atoms with Crippen LogP contribution in [0.1, 0.15) is 17.2 Å². The molecule has 6 heteroatoms. The largest absolute Gasteiger partial charge is 0.483 e. The van der Waals surface area contributed by atoms with E-state index in [0.717, 1.165) is 11.4 Å². The SMILES string of the molecule is Cc1nnc(COc2ccc(CCN)cc2F)n1C. The summed E-state index contributed by atoms with van der Waals surface area (Å²) in [6.07, 6.45) is 0.652. The normalized spacial score (nSPS) is 10.7. The molecule has 0 radical (unpaired) electrons. The number of aryl methyl sites for hydroxylation is 1. The minimum absolute atomic E-state index is 0.185. The molecule has 0 unspecified atom stereocenters. The van der Waals surface area contributed by atoms with Crippen LogP contribution >= 0.6 is 0 Å². The number of ether oxygens (including phenoxy) is 1. The maximum Gasteiger partial charge on any atom is 0.170 e. The first-order chi connectivity index (χ1) is 9.11. The highest BCUT2D eigenvalue weighted by atomic mass is 19.1. The smallest absolute Gasteiger partial charge is 0.170 e. The lowest BCUT2D eigenvalue weighted by molar-refractivity contribution is 0.276. The molecule has 2 N–H and O–H groups in total. The van der Waals surface area contributed by atoms with Gasteiger partial charge in [-0.3, -0.25) is 0 Å². The van der Waals surface area contributed by atoms with Gasteiger partial charge in [0.25, 0.3) is 0 Å². The van der Waals surface area contributed by atoms with Crippen LogP contribution in [0.4, 0.5) is 4.39 Å². The van der Waals surface area contributed by atoms with Gasteiger partial charge in [-0.1, -0.05) is 6.07 Å². The lowest BCUT2D eigenvalue weighted by Crippen LogP contribution is -2.06. The van der Waals surface area contributed by atoms with Crippen LogP contribution in [0, 0.1) is 12.7 Å². The van der Waals surface area contributed by atoms with Gasteiger partial charge in [0.15, 0.2) is 17.4 Å². The average molecular weight is 264 g/mol. The Balaban J connectivity index is 2.05. The van der Waals surface area contributed by atoms with E-state index in [9.17, 15) is 4.39 Å². The lowest BCUT2D eigenvalue weighted by Gasteiger charge is -2.08. The zero-order valence-corrected chi connectivity index (χ0v) is 11.1. The first-order valence-corrected chi connectivity index (χ1v) is 6.08. The number of nitrogens with zero attached hydrogens (tertiary/aromatic N) is 3. The van der Waals surface area contributed by atoms with Gasteiger partial charge in [-0.25, -0.2) is 4.39 Å². The van der Waals surface area contributed by atoms with Crippen molar-refractivity contribution in [1.82, 2.24) is 14.8 Å². The Morgan fingerprint density at radius 3 is 2.74 bits per heavy atom. The Morgan fingerprint density at radius 2 is 2.16 bits per heavy atom. The maximum atomic E-state index is 13.8. The summed E-state index contributed by atoms with van der Waals surface area (Å²) < 4.78 is 21.0. The van der Waals surface area contributed by atoms with Crippen LogP contribution in [0.25, 0.3) is 0 Å². The molecule has 5 nitrogen and oxygen atoms in total. The molecule has 0 aliphatic carbocycles. The minimum Gasteiger partial charge on any atom is -0.483 e. The van der Waals surface area contributed by atoms with Gasteiger partial charge in [0.05, 0.1) is 0 Å². The van der Waals surface area contributed by atoms with Gasteiger partial charge in [0, 0.05) is 7.05 Å². The van der Waals surface area contributed by atoms with Gasteiger partial charge >= 0.3 is 0 Å². The van der Waals surface area contributed by atoms with Crippen LogP contribution in [0.2, 0.25) is 0 Å². The van der Waals surface area contributed by atoms with Gasteiger partial charge in [-0.05, 0) is 37.6 Å². The number of hydrogen-bond donors (Lipinski definition) is 1. The topological polar surface area (TPSA) is 66.0 Å². The van der Waals surface area contributed by atoms with Crippen LogP contribution in [0.5, 0.6) is 5.75 Å². The predicted molar refractivity (Wildman–Crippen MR) is 69.2 cm³/mol. The summed E-state index contributed by atoms with van der Waals surface area (Å²) in [7, 11) is 1.84. The van der Waals surface area contributed by atoms with Gasteiger partial charge in [-0.15, -0.1) is 10.2 Å². The lowest BCUT2D eigenvalue weighted by atomic mass is 10.1. The predicted octanol–water partition coefficient (Wildman–Crippen LogP) is 1.34. The zero-order chi connectivity index (χ0) is 13.8. The molecule has 0 aliphatic rings. The Morgan fingerprint density at radius 1 is 1.37 bits per heavy atom. The number of hydrogen-bond acceptors (Lipinski definition) is 4. The standard InChI is InChI=1S/C13H17FN4O/c1-9-16-17-13(18(9)2)8-19-12-4-3-10(5-6-15)7-11(12)14/h3-4,7H,5-6,8,15H2,1-2H3. The van der Waals surface area contributed by atoms with Crippen LogP contribution in [0.15, 0.2) is 18.2 Å². The molecular weight excluding hydrogens is 247 g/mol. The monoisotopic (exact) mass is 264 g/mol. The highest BCUT2D eigenvalue weighted by molar-refractivity contribution is 5.29. The fraction of sp³-hybridized carbons (Fsp3) is 0.385. The van der Waals surface area contributed by atoms with E-state index in [1.54, 1.807) is 10.6 Å². The number of benzene rings is 1. The second-order valence-corrected chi connectivity index (χ2v) is 4.31. The van der Waals surface area contributed by atoms with Crippen molar-refractivity contribution in [2.45, 2.75) is 20.0 Å². The number of nitrogens with two attached hydrogens (primary N) is 1. The Kier molecular flexibility index (Phi) is 4.11. The van der Waals surface area contributed by atoms with Crippen LogP contribution in [-0.2, 0) is 20.1 Å². The third-order valence-electron chi connectivity index (χ3n) is 2.97. The Hall–Kier alpha value is -1.95. The van der Waals surface area contributed by atoms with Crippen LogP contribution in [0.3, 0.4) is 0 Å². The second kappa shape index (κ2) is 5.79. The van der Waals surface area contributed by atoms with E-state index in [1.165, 1.54) is 6.07 Å². The summed E-state index contributed by atoms with van der Waals surface area (Å²) in [5.74, 6) is 1.27. The van der Waals surface area contributed by atoms with Gasteiger partial charge in [0.1, 0.15) is 12.4 Å². The van der Waals surface area contributed by atoms with Crippen LogP contribution in [-0.4, -0.2) is 21.3 Å². The fourth-order valence-electron chi connectivity index (χ4n) is 1.70. The molecule has 0 saturated heterocycles. The summed E-state index contributed by atoms with van der Waals surface area (Å²) in [5.41, 5.74) is 6.29. The first kappa shape index (κ1) is 13.5. The highest BCUT2D eigenvalue weighted by Gasteiger charge is 2.09. The van der Waals surface area contributed by atoms with Crippen LogP contribution < -0.4 is 10.5 Å². The maximum absolute atomic E-state index is 13.8. The van der Waals surface area contributed by atoms with E-state index in [1.807, 2.05) is 20.0 Å². The third-order valence-corrected chi connectivity index (χ3v) is 2.97. The van der Waals surface area contributed by atoms with E-state index < -0.39 is 0 Å². The summed E-state index contributed by atoms with van der Waals surface area (Å²) in [5, 5.41) is 7.87. The van der Waals surface area contributed by atoms with E-state index in [-0.39, 0.29) is 18.2 Å². The second-order valence-electron chi connectivity index (χ2n) is 4.31. The summed E-state index contributed by atoms with van der Waals surface area (Å²) in [6.45, 7) is 2.53. The molecule has 2 aromatic rings. The van der Waals surface area contributed by atoms with Crippen molar-refractivity contribution in [2.24, 2.45) is 12.8 Å². The third kappa shape index (κ3) is 3.08. The Labute approximate surface area is 111 Å². The molecule has 0 aliphatic heterocycles. The average Bonchev–Trinajstić information content (AvgIpc) is 2.70. The van der Waals surface area contributed by atoms with Crippen molar-refractivity contribution >= 4 is 0 Å². The van der Waals surface area contributed by atoms with E-state index in [0.29, 0.717) is 18.8 Å². The number of halogens is 1. The zero-order valence-electron chi connectivity index (χ0n) is 11.1. The van der Waals surface area contributed by atoms with Crippen molar-refractivity contribution in [3.8, 4) is 5.75 Å². The van der Waals surface area contributed by atoms with Crippen molar-refractivity contribution < 1.29 is 9.13 Å². The molecule has 1 aromatic carbocycles. The van der Waals surface area contributed by atoms with E-state index >= 15 is 0 Å². The van der Waals surface area contributed by atoms with Gasteiger partial charge < -0.3 is 15.0 Å². The van der Waals surface area contributed by atoms with Gasteiger partial charge in [0.2, 0.25) is 0 Å². The molecule has 1 heterocycles. The van der Waals surface area contributed by atoms with E-state index in [4.69, 9.17) is 10.5 Å². The fourth-order valence-corrected chi connectivity index (χ4v) is 1.70. The van der Waals surface area contributed by atoms with Gasteiger partial charge in [-0.2, -0.15) is 0 Å². The summed E-state index contributed by atoms with van der Waals surface area (Å²) in [6, 6.07) is 4.88. The first-order valence-electron chi connectivity index (χ1n) is 6.08. The molecule has 0 atom stereocenters. The van der Waals surface area contributed by atoms with Crippen molar-refractivity contribution in [3.63, 3.8) is 0 Å². The number of aromatic nitrogens is 3. The minimum atomic E-state index is -0.384. The summed E-state index contributed by atoms with van der Waals surface area (Å²) in [4.78, 5) is 0. The molecule has 102 valence electrons. The van der Waals surface area contributed by atoms with Crippen molar-refractivity contribution in [3.05, 3.63) is 41.2 Å². The molecule has 19 heavy (non-hydrogen) atoms. The molecular formula is C13H17FN4O. The number of rotatable bonds is 5. The molecule has 0 fully saturated rings. The molecule has 0 amide bonds. The van der Waals surface area contributed by atoms with Crippen molar-refractivity contribution in [1.29, 1.82) is 0 Å². The molecule has 0 spiro atoms.